The minimum atomic E-state index is -0.491. The van der Waals surface area contributed by atoms with Gasteiger partial charge in [0.1, 0.15) is 11.5 Å². The number of carbonyl (C=O) groups is 1. The average Bonchev–Trinajstić information content (AvgIpc) is 2.28. The van der Waals surface area contributed by atoms with Crippen LogP contribution in [0.5, 0.6) is 11.5 Å². The molecule has 88 valence electrons. The lowest BCUT2D eigenvalue weighted by Gasteiger charge is -2.05. The smallest absolute Gasteiger partial charge is 0.339 e. The summed E-state index contributed by atoms with van der Waals surface area (Å²) in [6.07, 6.45) is 1.35. The van der Waals surface area contributed by atoms with Crippen molar-refractivity contribution in [1.82, 2.24) is 4.98 Å². The predicted octanol–water partition coefficient (Wildman–Crippen LogP) is 1.82. The maximum atomic E-state index is 11.5. The Morgan fingerprint density at radius 2 is 2.12 bits per heavy atom. The molecule has 0 unspecified atom stereocenters. The van der Waals surface area contributed by atoms with Gasteiger partial charge in [0, 0.05) is 23.7 Å². The summed E-state index contributed by atoms with van der Waals surface area (Å²) in [6.45, 7) is 1.99. The molecule has 0 radical (unpaired) electrons. The van der Waals surface area contributed by atoms with Crippen molar-refractivity contribution in [3.8, 4) is 11.5 Å². The van der Waals surface area contributed by atoms with Gasteiger partial charge < -0.3 is 14.9 Å². The largest absolute Gasteiger partial charge is 0.508 e. The van der Waals surface area contributed by atoms with Gasteiger partial charge in [-0.3, -0.25) is 4.98 Å². The Hall–Kier alpha value is -2.30. The average molecular weight is 233 g/mol. The van der Waals surface area contributed by atoms with Crippen LogP contribution < -0.4 is 0 Å². The lowest BCUT2D eigenvalue weighted by atomic mass is 10.1. The highest BCUT2D eigenvalue weighted by Gasteiger charge is 2.10. The Balaban J connectivity index is 2.54. The maximum absolute atomic E-state index is 11.5. The first-order valence-electron chi connectivity index (χ1n) is 5.10. The van der Waals surface area contributed by atoms with Gasteiger partial charge in [-0.25, -0.2) is 4.79 Å². The van der Waals surface area contributed by atoms with Crippen LogP contribution in [0.3, 0.4) is 0 Å². The number of benzene rings is 1. The van der Waals surface area contributed by atoms with Crippen LogP contribution in [-0.4, -0.2) is 27.8 Å². The summed E-state index contributed by atoms with van der Waals surface area (Å²) in [5.41, 5.74) is 0.677. The summed E-state index contributed by atoms with van der Waals surface area (Å²) in [4.78, 5) is 15.5. The summed E-state index contributed by atoms with van der Waals surface area (Å²) in [5, 5.41) is 19.3. The summed E-state index contributed by atoms with van der Waals surface area (Å²) in [7, 11) is 0. The van der Waals surface area contributed by atoms with Crippen LogP contribution in [0.4, 0.5) is 0 Å². The van der Waals surface area contributed by atoms with Gasteiger partial charge in [0.25, 0.3) is 0 Å². The Morgan fingerprint density at radius 3 is 2.82 bits per heavy atom. The fraction of sp³-hybridized carbons (Fsp3) is 0.167. The van der Waals surface area contributed by atoms with Gasteiger partial charge in [0.2, 0.25) is 0 Å². The van der Waals surface area contributed by atoms with E-state index in [1.807, 2.05) is 0 Å². The van der Waals surface area contributed by atoms with E-state index in [9.17, 15) is 15.0 Å². The molecule has 0 saturated heterocycles. The fourth-order valence-electron chi connectivity index (χ4n) is 1.52. The number of phenolic OH excluding ortho intramolecular Hbond substituents is 2. The van der Waals surface area contributed by atoms with Gasteiger partial charge in [-0.15, -0.1) is 0 Å². The molecule has 0 saturated carbocycles. The number of fused-ring (bicyclic) bond motifs is 1. The molecule has 0 bridgehead atoms. The number of aromatic hydroxyl groups is 2. The summed E-state index contributed by atoms with van der Waals surface area (Å²) in [5.74, 6) is -0.695. The lowest BCUT2D eigenvalue weighted by molar-refractivity contribution is 0.0526. The van der Waals surface area contributed by atoms with Crippen LogP contribution in [0.1, 0.15) is 17.3 Å². The fourth-order valence-corrected chi connectivity index (χ4v) is 1.52. The number of esters is 1. The summed E-state index contributed by atoms with van der Waals surface area (Å²) < 4.78 is 4.83. The molecule has 0 fully saturated rings. The van der Waals surface area contributed by atoms with E-state index in [0.29, 0.717) is 10.9 Å². The second-order valence-electron chi connectivity index (χ2n) is 3.48. The lowest BCUT2D eigenvalue weighted by Crippen LogP contribution is -2.04. The van der Waals surface area contributed by atoms with Gasteiger partial charge in [0.05, 0.1) is 17.7 Å². The van der Waals surface area contributed by atoms with E-state index >= 15 is 0 Å². The first-order valence-corrected chi connectivity index (χ1v) is 5.10. The Kier molecular flexibility index (Phi) is 2.82. The first kappa shape index (κ1) is 11.2. The van der Waals surface area contributed by atoms with Crippen molar-refractivity contribution < 1.29 is 19.7 Å². The van der Waals surface area contributed by atoms with Crippen molar-refractivity contribution >= 4 is 16.9 Å². The third kappa shape index (κ3) is 2.13. The van der Waals surface area contributed by atoms with E-state index < -0.39 is 5.97 Å². The van der Waals surface area contributed by atoms with E-state index in [-0.39, 0.29) is 23.7 Å². The molecule has 0 aliphatic carbocycles. The number of nitrogens with zero attached hydrogens (tertiary/aromatic N) is 1. The van der Waals surface area contributed by atoms with Gasteiger partial charge in [0.15, 0.2) is 0 Å². The number of carbonyl (C=O) groups excluding carboxylic acids is 1. The molecule has 5 nitrogen and oxygen atoms in total. The molecule has 1 heterocycles. The van der Waals surface area contributed by atoms with E-state index in [0.717, 1.165) is 0 Å². The van der Waals surface area contributed by atoms with Crippen LogP contribution in [0, 0.1) is 0 Å². The van der Waals surface area contributed by atoms with Crippen molar-refractivity contribution in [2.45, 2.75) is 6.92 Å². The van der Waals surface area contributed by atoms with E-state index in [2.05, 4.69) is 4.98 Å². The normalized spacial score (nSPS) is 10.4. The third-order valence-electron chi connectivity index (χ3n) is 2.27. The third-order valence-corrected chi connectivity index (χ3v) is 2.27. The van der Waals surface area contributed by atoms with Crippen LogP contribution in [0.15, 0.2) is 24.4 Å². The Morgan fingerprint density at radius 1 is 1.35 bits per heavy atom. The second kappa shape index (κ2) is 4.29. The molecule has 0 aliphatic rings. The van der Waals surface area contributed by atoms with E-state index in [1.54, 1.807) is 6.92 Å². The molecule has 0 aliphatic heterocycles. The zero-order chi connectivity index (χ0) is 12.4. The molecular formula is C12H11NO4. The van der Waals surface area contributed by atoms with Crippen LogP contribution in [0.25, 0.3) is 10.9 Å². The highest BCUT2D eigenvalue weighted by molar-refractivity contribution is 5.95. The quantitative estimate of drug-likeness (QED) is 0.773. The molecule has 0 atom stereocenters. The molecule has 2 N–H and O–H groups in total. The SMILES string of the molecule is CCOC(=O)c1cnc2cc(O)cc(O)c2c1. The number of rotatable bonds is 2. The van der Waals surface area contributed by atoms with E-state index in [1.165, 1.54) is 24.4 Å². The highest BCUT2D eigenvalue weighted by atomic mass is 16.5. The van der Waals surface area contributed by atoms with Crippen LogP contribution in [0.2, 0.25) is 0 Å². The maximum Gasteiger partial charge on any atom is 0.339 e. The van der Waals surface area contributed by atoms with Crippen molar-refractivity contribution in [3.63, 3.8) is 0 Å². The minimum Gasteiger partial charge on any atom is -0.508 e. The zero-order valence-corrected chi connectivity index (χ0v) is 9.17. The van der Waals surface area contributed by atoms with Crippen LogP contribution >= 0.6 is 0 Å². The number of ether oxygens (including phenoxy) is 1. The van der Waals surface area contributed by atoms with Gasteiger partial charge >= 0.3 is 5.97 Å². The summed E-state index contributed by atoms with van der Waals surface area (Å²) in [6, 6.07) is 4.08. The Labute approximate surface area is 97.3 Å². The monoisotopic (exact) mass is 233 g/mol. The van der Waals surface area contributed by atoms with E-state index in [4.69, 9.17) is 4.74 Å². The summed E-state index contributed by atoms with van der Waals surface area (Å²) >= 11 is 0. The zero-order valence-electron chi connectivity index (χ0n) is 9.17. The van der Waals surface area contributed by atoms with Gasteiger partial charge in [-0.1, -0.05) is 0 Å². The van der Waals surface area contributed by atoms with Gasteiger partial charge in [-0.2, -0.15) is 0 Å². The number of phenols is 2. The second-order valence-corrected chi connectivity index (χ2v) is 3.48. The molecule has 0 spiro atoms. The molecule has 2 rings (SSSR count). The molecule has 0 amide bonds. The number of aromatic nitrogens is 1. The van der Waals surface area contributed by atoms with Crippen LogP contribution in [-0.2, 0) is 4.74 Å². The Bertz CT molecular complexity index is 580. The van der Waals surface area contributed by atoms with Crippen molar-refractivity contribution in [3.05, 3.63) is 30.0 Å². The first-order chi connectivity index (χ1) is 8.11. The molecular weight excluding hydrogens is 222 g/mol. The molecule has 2 aromatic rings. The van der Waals surface area contributed by atoms with Crippen molar-refractivity contribution in [1.29, 1.82) is 0 Å². The molecule has 17 heavy (non-hydrogen) atoms. The topological polar surface area (TPSA) is 79.7 Å². The van der Waals surface area contributed by atoms with Crippen molar-refractivity contribution in [2.24, 2.45) is 0 Å². The van der Waals surface area contributed by atoms with Crippen molar-refractivity contribution in [2.75, 3.05) is 6.61 Å². The molecule has 1 aromatic carbocycles. The number of hydrogen-bond acceptors (Lipinski definition) is 5. The number of pyridine rings is 1. The standard InChI is InChI=1S/C12H11NO4/c1-2-17-12(16)7-3-9-10(13-6-7)4-8(14)5-11(9)15/h3-6,14-15H,2H2,1H3. The molecule has 1 aromatic heterocycles. The highest BCUT2D eigenvalue weighted by Crippen LogP contribution is 2.28. The van der Waals surface area contributed by atoms with Gasteiger partial charge in [-0.05, 0) is 13.0 Å². The minimum absolute atomic E-state index is 0.0774. The predicted molar refractivity (Wildman–Crippen MR) is 61.0 cm³/mol. The molecule has 5 heteroatoms. The number of hydrogen-bond donors (Lipinski definition) is 2.